The van der Waals surface area contributed by atoms with Crippen molar-refractivity contribution in [1.82, 2.24) is 4.90 Å². The van der Waals surface area contributed by atoms with E-state index >= 15 is 0 Å². The summed E-state index contributed by atoms with van der Waals surface area (Å²) < 4.78 is 23.0. The van der Waals surface area contributed by atoms with Crippen molar-refractivity contribution in [3.8, 4) is 0 Å². The number of nitrogens with zero attached hydrogens (tertiary/aromatic N) is 1. The second-order valence-electron chi connectivity index (χ2n) is 6.23. The van der Waals surface area contributed by atoms with Gasteiger partial charge in [-0.2, -0.15) is 0 Å². The predicted octanol–water partition coefficient (Wildman–Crippen LogP) is 1.93. The second kappa shape index (κ2) is 7.11. The fourth-order valence-corrected chi connectivity index (χ4v) is 4.95. The summed E-state index contributed by atoms with van der Waals surface area (Å²) in [5.41, 5.74) is 2.29. The second-order valence-corrected chi connectivity index (χ2v) is 8.86. The maximum atomic E-state index is 12.2. The van der Waals surface area contributed by atoms with E-state index in [0.29, 0.717) is 17.1 Å². The molecule has 0 bridgehead atoms. The monoisotopic (exact) mass is 372 g/mol. The van der Waals surface area contributed by atoms with Crippen LogP contribution in [0.2, 0.25) is 5.02 Å². The Morgan fingerprint density at radius 3 is 2.54 bits per heavy atom. The Kier molecular flexibility index (Phi) is 5.55. The lowest BCUT2D eigenvalue weighted by molar-refractivity contribution is -0.134. The molecule has 8 heteroatoms. The molecule has 1 atom stereocenters. The number of halogens is 1. The molecule has 1 heterocycles. The Labute approximate surface area is 147 Å². The van der Waals surface area contributed by atoms with Crippen LogP contribution in [0, 0.1) is 13.8 Å². The van der Waals surface area contributed by atoms with Crippen molar-refractivity contribution in [1.29, 1.82) is 0 Å². The molecular weight excluding hydrogens is 352 g/mol. The standard InChI is InChI=1S/C16H21ClN2O4S/c1-10-6-11(2)16(13(17)7-10)18-14(20)8-15(21)19(3)12-4-5-24(22,23)9-12/h6-7,12H,4-5,8-9H2,1-3H3,(H,18,20). The van der Waals surface area contributed by atoms with Gasteiger partial charge in [-0.3, -0.25) is 9.59 Å². The minimum atomic E-state index is -3.08. The maximum Gasteiger partial charge on any atom is 0.233 e. The Bertz CT molecular complexity index is 753. The van der Waals surface area contributed by atoms with Gasteiger partial charge < -0.3 is 10.2 Å². The van der Waals surface area contributed by atoms with Crippen LogP contribution in [-0.4, -0.2) is 49.7 Å². The zero-order chi connectivity index (χ0) is 18.1. The first kappa shape index (κ1) is 18.7. The fraction of sp³-hybridized carbons (Fsp3) is 0.500. The van der Waals surface area contributed by atoms with E-state index in [1.165, 1.54) is 11.9 Å². The molecule has 1 saturated heterocycles. The number of benzene rings is 1. The Hall–Kier alpha value is -1.60. The maximum absolute atomic E-state index is 12.2. The predicted molar refractivity (Wildman–Crippen MR) is 94.0 cm³/mol. The fourth-order valence-electron chi connectivity index (χ4n) is 2.80. The first-order valence-corrected chi connectivity index (χ1v) is 9.81. The molecule has 6 nitrogen and oxygen atoms in total. The van der Waals surface area contributed by atoms with E-state index < -0.39 is 21.7 Å². The normalized spacial score (nSPS) is 19.1. The summed E-state index contributed by atoms with van der Waals surface area (Å²) >= 11 is 6.14. The number of sulfone groups is 1. The van der Waals surface area contributed by atoms with Crippen LogP contribution in [0.25, 0.3) is 0 Å². The minimum Gasteiger partial charge on any atom is -0.341 e. The molecule has 1 fully saturated rings. The molecule has 0 aromatic heterocycles. The first-order valence-electron chi connectivity index (χ1n) is 7.62. The molecule has 2 amide bonds. The number of hydrogen-bond donors (Lipinski definition) is 1. The highest BCUT2D eigenvalue weighted by molar-refractivity contribution is 7.91. The van der Waals surface area contributed by atoms with Gasteiger partial charge in [-0.25, -0.2) is 8.42 Å². The number of carbonyl (C=O) groups excluding carboxylic acids is 2. The lowest BCUT2D eigenvalue weighted by Crippen LogP contribution is -2.39. The summed E-state index contributed by atoms with van der Waals surface area (Å²) in [6.45, 7) is 3.73. The highest BCUT2D eigenvalue weighted by Gasteiger charge is 2.33. The molecule has 2 rings (SSSR count). The van der Waals surface area contributed by atoms with Crippen molar-refractivity contribution in [2.75, 3.05) is 23.9 Å². The number of nitrogens with one attached hydrogen (secondary N) is 1. The molecule has 1 N–H and O–H groups in total. The molecule has 0 radical (unpaired) electrons. The van der Waals surface area contributed by atoms with E-state index in [-0.39, 0.29) is 24.0 Å². The van der Waals surface area contributed by atoms with Crippen LogP contribution in [-0.2, 0) is 19.4 Å². The molecule has 24 heavy (non-hydrogen) atoms. The van der Waals surface area contributed by atoms with Gasteiger partial charge in [0, 0.05) is 13.1 Å². The van der Waals surface area contributed by atoms with Crippen molar-refractivity contribution in [3.05, 3.63) is 28.3 Å². The molecule has 1 aliphatic rings. The van der Waals surface area contributed by atoms with Gasteiger partial charge in [0.15, 0.2) is 9.84 Å². The van der Waals surface area contributed by atoms with Crippen molar-refractivity contribution in [2.45, 2.75) is 32.7 Å². The third-order valence-corrected chi connectivity index (χ3v) is 6.21. The highest BCUT2D eigenvalue weighted by Crippen LogP contribution is 2.27. The molecule has 1 aliphatic heterocycles. The van der Waals surface area contributed by atoms with Gasteiger partial charge in [0.1, 0.15) is 6.42 Å². The van der Waals surface area contributed by atoms with Gasteiger partial charge >= 0.3 is 0 Å². The molecule has 1 aromatic carbocycles. The van der Waals surface area contributed by atoms with Crippen molar-refractivity contribution >= 4 is 38.9 Å². The van der Waals surface area contributed by atoms with E-state index in [9.17, 15) is 18.0 Å². The molecule has 132 valence electrons. The highest BCUT2D eigenvalue weighted by atomic mass is 35.5. The summed E-state index contributed by atoms with van der Waals surface area (Å²) in [6, 6.07) is 3.26. The number of rotatable bonds is 4. The van der Waals surface area contributed by atoms with Gasteiger partial charge in [0.2, 0.25) is 11.8 Å². The number of anilines is 1. The number of hydrogen-bond acceptors (Lipinski definition) is 4. The largest absolute Gasteiger partial charge is 0.341 e. The molecule has 0 aliphatic carbocycles. The topological polar surface area (TPSA) is 83.6 Å². The van der Waals surface area contributed by atoms with Gasteiger partial charge in [-0.05, 0) is 37.5 Å². The smallest absolute Gasteiger partial charge is 0.233 e. The Morgan fingerprint density at radius 2 is 2.00 bits per heavy atom. The average Bonchev–Trinajstić information content (AvgIpc) is 2.82. The van der Waals surface area contributed by atoms with Crippen LogP contribution in [0.4, 0.5) is 5.69 Å². The zero-order valence-corrected chi connectivity index (χ0v) is 15.5. The van der Waals surface area contributed by atoms with Crippen molar-refractivity contribution in [2.24, 2.45) is 0 Å². The summed E-state index contributed by atoms with van der Waals surface area (Å²) in [5.74, 6) is -0.837. The van der Waals surface area contributed by atoms with Crippen LogP contribution >= 0.6 is 11.6 Å². The van der Waals surface area contributed by atoms with Crippen molar-refractivity contribution in [3.63, 3.8) is 0 Å². The van der Waals surface area contributed by atoms with E-state index in [1.54, 1.807) is 6.07 Å². The third kappa shape index (κ3) is 4.48. The lowest BCUT2D eigenvalue weighted by Gasteiger charge is -2.23. The molecule has 1 aromatic rings. The van der Waals surface area contributed by atoms with Crippen LogP contribution in [0.5, 0.6) is 0 Å². The minimum absolute atomic E-state index is 0.0419. The zero-order valence-electron chi connectivity index (χ0n) is 13.9. The van der Waals surface area contributed by atoms with Crippen LogP contribution in [0.3, 0.4) is 0 Å². The number of aryl methyl sites for hydroxylation is 2. The average molecular weight is 373 g/mol. The van der Waals surface area contributed by atoms with E-state index in [2.05, 4.69) is 5.32 Å². The summed E-state index contributed by atoms with van der Waals surface area (Å²) in [4.78, 5) is 25.7. The number of amides is 2. The van der Waals surface area contributed by atoms with Crippen LogP contribution in [0.15, 0.2) is 12.1 Å². The molecule has 1 unspecified atom stereocenters. The Balaban J connectivity index is 1.99. The first-order chi connectivity index (χ1) is 11.1. The van der Waals surface area contributed by atoms with Crippen LogP contribution in [0.1, 0.15) is 24.0 Å². The van der Waals surface area contributed by atoms with Gasteiger partial charge in [-0.1, -0.05) is 17.7 Å². The molecular formula is C16H21ClN2O4S. The summed E-state index contributed by atoms with van der Waals surface area (Å²) in [6.07, 6.45) is 0.0613. The van der Waals surface area contributed by atoms with E-state index in [4.69, 9.17) is 11.6 Å². The van der Waals surface area contributed by atoms with Crippen molar-refractivity contribution < 1.29 is 18.0 Å². The number of carbonyl (C=O) groups is 2. The summed E-state index contributed by atoms with van der Waals surface area (Å²) in [5, 5.41) is 3.08. The SMILES string of the molecule is Cc1cc(C)c(NC(=O)CC(=O)N(C)C2CCS(=O)(=O)C2)c(Cl)c1. The van der Waals surface area contributed by atoms with Gasteiger partial charge in [0.05, 0.1) is 22.2 Å². The third-order valence-electron chi connectivity index (χ3n) is 4.16. The Morgan fingerprint density at radius 1 is 1.33 bits per heavy atom. The summed E-state index contributed by atoms with van der Waals surface area (Å²) in [7, 11) is -1.55. The van der Waals surface area contributed by atoms with Crippen LogP contribution < -0.4 is 5.32 Å². The lowest BCUT2D eigenvalue weighted by atomic mass is 10.1. The van der Waals surface area contributed by atoms with Gasteiger partial charge in [0.25, 0.3) is 0 Å². The van der Waals surface area contributed by atoms with Gasteiger partial charge in [-0.15, -0.1) is 0 Å². The quantitative estimate of drug-likeness (QED) is 0.818. The van der Waals surface area contributed by atoms with E-state index in [1.807, 2.05) is 19.9 Å². The molecule has 0 spiro atoms. The molecule has 0 saturated carbocycles. The van der Waals surface area contributed by atoms with E-state index in [0.717, 1.165) is 11.1 Å².